The van der Waals surface area contributed by atoms with Gasteiger partial charge in [0.1, 0.15) is 6.07 Å². The number of nitrogens with zero attached hydrogens (tertiary/aromatic N) is 3. The van der Waals surface area contributed by atoms with Crippen LogP contribution < -0.4 is 0 Å². The van der Waals surface area contributed by atoms with Crippen LogP contribution in [-0.4, -0.2) is 9.91 Å². The molecule has 1 heterocycles. The Morgan fingerprint density at radius 2 is 2.12 bits per heavy atom. The van der Waals surface area contributed by atoms with E-state index in [2.05, 4.69) is 4.98 Å². The molecule has 0 amide bonds. The third kappa shape index (κ3) is 2.11. The van der Waals surface area contributed by atoms with Gasteiger partial charge in [-0.2, -0.15) is 5.26 Å². The van der Waals surface area contributed by atoms with Crippen LogP contribution in [0.4, 0.5) is 5.69 Å². The van der Waals surface area contributed by atoms with Gasteiger partial charge < -0.3 is 0 Å². The second kappa shape index (κ2) is 4.41. The number of non-ortho nitro benzene ring substituents is 1. The summed E-state index contributed by atoms with van der Waals surface area (Å²) >= 11 is 0. The van der Waals surface area contributed by atoms with Crippen molar-refractivity contribution in [1.29, 1.82) is 5.26 Å². The maximum absolute atomic E-state index is 10.7. The highest BCUT2D eigenvalue weighted by atomic mass is 16.6. The summed E-state index contributed by atoms with van der Waals surface area (Å²) < 4.78 is 0. The third-order valence-corrected chi connectivity index (χ3v) is 2.26. The first kappa shape index (κ1) is 10.8. The summed E-state index contributed by atoms with van der Waals surface area (Å²) in [7, 11) is 0. The number of aromatic nitrogens is 1. The molecule has 0 radical (unpaired) electrons. The van der Waals surface area contributed by atoms with E-state index in [4.69, 9.17) is 5.26 Å². The topological polar surface area (TPSA) is 79.8 Å². The first-order valence-corrected chi connectivity index (χ1v) is 4.82. The minimum Gasteiger partial charge on any atom is -0.258 e. The Morgan fingerprint density at radius 3 is 2.82 bits per heavy atom. The zero-order valence-corrected chi connectivity index (χ0v) is 8.70. The zero-order chi connectivity index (χ0) is 12.3. The van der Waals surface area contributed by atoms with Crippen molar-refractivity contribution in [3.05, 3.63) is 58.3 Å². The lowest BCUT2D eigenvalue weighted by Gasteiger charge is -2.02. The van der Waals surface area contributed by atoms with E-state index in [1.54, 1.807) is 30.5 Å². The molecule has 0 saturated heterocycles. The van der Waals surface area contributed by atoms with Crippen molar-refractivity contribution in [2.45, 2.75) is 0 Å². The minimum atomic E-state index is -0.474. The number of nitriles is 1. The molecule has 0 bridgehead atoms. The van der Waals surface area contributed by atoms with E-state index in [0.717, 1.165) is 0 Å². The molecule has 1 aromatic heterocycles. The van der Waals surface area contributed by atoms with E-state index < -0.39 is 4.92 Å². The van der Waals surface area contributed by atoms with E-state index in [9.17, 15) is 10.1 Å². The van der Waals surface area contributed by atoms with E-state index in [0.29, 0.717) is 16.8 Å². The molecule has 0 atom stereocenters. The molecule has 5 nitrogen and oxygen atoms in total. The monoisotopic (exact) mass is 225 g/mol. The molecule has 0 N–H and O–H groups in total. The molecule has 17 heavy (non-hydrogen) atoms. The van der Waals surface area contributed by atoms with Crippen LogP contribution in [0.1, 0.15) is 5.56 Å². The summed E-state index contributed by atoms with van der Waals surface area (Å²) in [6, 6.07) is 11.4. The highest BCUT2D eigenvalue weighted by Gasteiger charge is 2.10. The maximum Gasteiger partial charge on any atom is 0.270 e. The number of pyridine rings is 1. The van der Waals surface area contributed by atoms with Crippen LogP contribution in [0.2, 0.25) is 0 Å². The van der Waals surface area contributed by atoms with Gasteiger partial charge in [0.2, 0.25) is 0 Å². The van der Waals surface area contributed by atoms with Crippen molar-refractivity contribution >= 4 is 5.69 Å². The molecular formula is C12H7N3O2. The lowest BCUT2D eigenvalue weighted by Crippen LogP contribution is -1.91. The molecule has 2 aromatic rings. The Morgan fingerprint density at radius 1 is 1.29 bits per heavy atom. The lowest BCUT2D eigenvalue weighted by atomic mass is 10.1. The smallest absolute Gasteiger partial charge is 0.258 e. The number of hydrogen-bond donors (Lipinski definition) is 0. The Balaban J connectivity index is 2.57. The van der Waals surface area contributed by atoms with Crippen molar-refractivity contribution in [3.63, 3.8) is 0 Å². The highest BCUT2D eigenvalue weighted by Crippen LogP contribution is 2.24. The number of nitro groups is 1. The summed E-state index contributed by atoms with van der Waals surface area (Å²) in [5, 5.41) is 19.6. The summed E-state index contributed by atoms with van der Waals surface area (Å²) in [6.07, 6.45) is 1.55. The molecular weight excluding hydrogens is 218 g/mol. The molecule has 0 spiro atoms. The molecule has 0 aliphatic carbocycles. The largest absolute Gasteiger partial charge is 0.270 e. The summed E-state index contributed by atoms with van der Waals surface area (Å²) in [5.74, 6) is 0. The van der Waals surface area contributed by atoms with Crippen molar-refractivity contribution in [3.8, 4) is 17.3 Å². The first-order chi connectivity index (χ1) is 8.22. The number of nitro benzene ring substituents is 1. The lowest BCUT2D eigenvalue weighted by molar-refractivity contribution is -0.384. The van der Waals surface area contributed by atoms with Crippen LogP contribution in [0.25, 0.3) is 11.3 Å². The van der Waals surface area contributed by atoms with E-state index >= 15 is 0 Å². The fraction of sp³-hybridized carbons (Fsp3) is 0. The summed E-state index contributed by atoms with van der Waals surface area (Å²) in [4.78, 5) is 14.3. The van der Waals surface area contributed by atoms with Gasteiger partial charge in [-0.25, -0.2) is 0 Å². The first-order valence-electron chi connectivity index (χ1n) is 4.82. The summed E-state index contributed by atoms with van der Waals surface area (Å²) in [6.45, 7) is 0. The van der Waals surface area contributed by atoms with E-state index in [1.807, 2.05) is 6.07 Å². The summed E-state index contributed by atoms with van der Waals surface area (Å²) in [5.41, 5.74) is 1.40. The maximum atomic E-state index is 10.7. The molecule has 0 aliphatic rings. The van der Waals surface area contributed by atoms with Crippen LogP contribution in [0.5, 0.6) is 0 Å². The molecule has 0 aliphatic heterocycles. The highest BCUT2D eigenvalue weighted by molar-refractivity contribution is 5.68. The zero-order valence-electron chi connectivity index (χ0n) is 8.70. The normalized spacial score (nSPS) is 9.59. The SMILES string of the molecule is N#Cc1cccnc1-c1cccc([N+](=O)[O-])c1. The minimum absolute atomic E-state index is 0.0166. The molecule has 0 saturated carbocycles. The quantitative estimate of drug-likeness (QED) is 0.581. The predicted octanol–water partition coefficient (Wildman–Crippen LogP) is 2.53. The Kier molecular flexibility index (Phi) is 2.79. The van der Waals surface area contributed by atoms with Gasteiger partial charge in [-0.15, -0.1) is 0 Å². The molecule has 1 aromatic carbocycles. The van der Waals surface area contributed by atoms with Gasteiger partial charge in [0.25, 0.3) is 5.69 Å². The Bertz CT molecular complexity index is 617. The second-order valence-electron chi connectivity index (χ2n) is 3.32. The van der Waals surface area contributed by atoms with Crippen molar-refractivity contribution in [2.75, 3.05) is 0 Å². The van der Waals surface area contributed by atoms with Gasteiger partial charge in [-0.1, -0.05) is 12.1 Å². The number of benzene rings is 1. The average molecular weight is 225 g/mol. The van der Waals surface area contributed by atoms with Gasteiger partial charge in [-0.3, -0.25) is 15.1 Å². The van der Waals surface area contributed by atoms with Gasteiger partial charge in [-0.05, 0) is 12.1 Å². The Hall–Kier alpha value is -2.74. The van der Waals surface area contributed by atoms with Crippen LogP contribution in [0.3, 0.4) is 0 Å². The average Bonchev–Trinajstić information content (AvgIpc) is 2.39. The van der Waals surface area contributed by atoms with Crippen LogP contribution in [0, 0.1) is 21.4 Å². The molecule has 2 rings (SSSR count). The van der Waals surface area contributed by atoms with E-state index in [1.165, 1.54) is 12.1 Å². The van der Waals surface area contributed by atoms with Crippen LogP contribution >= 0.6 is 0 Å². The van der Waals surface area contributed by atoms with Crippen molar-refractivity contribution < 1.29 is 4.92 Å². The molecule has 0 fully saturated rings. The van der Waals surface area contributed by atoms with E-state index in [-0.39, 0.29) is 5.69 Å². The van der Waals surface area contributed by atoms with Crippen molar-refractivity contribution in [1.82, 2.24) is 4.98 Å². The Labute approximate surface area is 97.1 Å². The standard InChI is InChI=1S/C12H7N3O2/c13-8-10-4-2-6-14-12(10)9-3-1-5-11(7-9)15(16)17/h1-7H. The molecule has 5 heteroatoms. The molecule has 82 valence electrons. The van der Waals surface area contributed by atoms with Crippen LogP contribution in [-0.2, 0) is 0 Å². The fourth-order valence-electron chi connectivity index (χ4n) is 1.49. The van der Waals surface area contributed by atoms with Gasteiger partial charge in [0, 0.05) is 23.9 Å². The van der Waals surface area contributed by atoms with Gasteiger partial charge in [0.05, 0.1) is 16.2 Å². The van der Waals surface area contributed by atoms with Gasteiger partial charge >= 0.3 is 0 Å². The molecule has 0 unspecified atom stereocenters. The second-order valence-corrected chi connectivity index (χ2v) is 3.32. The fourth-order valence-corrected chi connectivity index (χ4v) is 1.49. The predicted molar refractivity (Wildman–Crippen MR) is 61.0 cm³/mol. The van der Waals surface area contributed by atoms with Gasteiger partial charge in [0.15, 0.2) is 0 Å². The number of rotatable bonds is 2. The van der Waals surface area contributed by atoms with Crippen molar-refractivity contribution in [2.24, 2.45) is 0 Å². The van der Waals surface area contributed by atoms with Crippen LogP contribution in [0.15, 0.2) is 42.6 Å². The number of hydrogen-bond acceptors (Lipinski definition) is 4. The third-order valence-electron chi connectivity index (χ3n) is 2.26.